The number of allylic oxidation sites excluding steroid dienone is 1. The van der Waals surface area contributed by atoms with Gasteiger partial charge in [-0.3, -0.25) is 0 Å². The molecule has 1 fully saturated rings. The van der Waals surface area contributed by atoms with Crippen LogP contribution < -0.4 is 0 Å². The number of hydrogen-bond donors (Lipinski definition) is 0. The summed E-state index contributed by atoms with van der Waals surface area (Å²) >= 11 is 6.08. The van der Waals surface area contributed by atoms with Crippen LogP contribution in [0.4, 0.5) is 0 Å². The molecule has 1 aromatic heterocycles. The first-order valence-electron chi connectivity index (χ1n) is 10.5. The zero-order chi connectivity index (χ0) is 21.1. The van der Waals surface area contributed by atoms with Gasteiger partial charge in [-0.1, -0.05) is 64.3 Å². The normalized spacial score (nSPS) is 17.9. The molecule has 0 amide bonds. The second-order valence-corrected chi connectivity index (χ2v) is 8.86. The smallest absolute Gasteiger partial charge is 0.250 e. The van der Waals surface area contributed by atoms with E-state index in [2.05, 4.69) is 66.4 Å². The van der Waals surface area contributed by atoms with E-state index in [0.29, 0.717) is 23.7 Å². The van der Waals surface area contributed by atoms with Crippen LogP contribution in [0.25, 0.3) is 17.5 Å². The minimum Gasteiger partial charge on any atom is -0.334 e. The standard InChI is InChI=1S/C25H28ClN3O/c1-17-4-8-21(9-5-17)25-27-23(30-28-25)16-18-6-10-19(11-7-18)24(29(2)3)20-12-14-22(26)15-13-20/h4-5,8-9,12-16,19,24H,6-7,10-11H2,1-3H3. The van der Waals surface area contributed by atoms with E-state index in [1.54, 1.807) is 0 Å². The summed E-state index contributed by atoms with van der Waals surface area (Å²) in [4.78, 5) is 6.90. The molecule has 0 saturated heterocycles. The van der Waals surface area contributed by atoms with Gasteiger partial charge in [0.25, 0.3) is 5.89 Å². The third-order valence-electron chi connectivity index (χ3n) is 5.97. The zero-order valence-corrected chi connectivity index (χ0v) is 18.6. The molecular weight excluding hydrogens is 394 g/mol. The van der Waals surface area contributed by atoms with Crippen molar-refractivity contribution < 1.29 is 4.52 Å². The second-order valence-electron chi connectivity index (χ2n) is 8.42. The first kappa shape index (κ1) is 20.8. The van der Waals surface area contributed by atoms with Crippen molar-refractivity contribution in [2.24, 2.45) is 5.92 Å². The summed E-state index contributed by atoms with van der Waals surface area (Å²) in [7, 11) is 4.32. The molecule has 4 nitrogen and oxygen atoms in total. The predicted molar refractivity (Wildman–Crippen MR) is 122 cm³/mol. The number of rotatable bonds is 5. The lowest BCUT2D eigenvalue weighted by Gasteiger charge is -2.36. The van der Waals surface area contributed by atoms with Gasteiger partial charge in [-0.15, -0.1) is 0 Å². The van der Waals surface area contributed by atoms with E-state index in [4.69, 9.17) is 16.1 Å². The van der Waals surface area contributed by atoms with Crippen molar-refractivity contribution in [3.8, 4) is 11.4 Å². The lowest BCUT2D eigenvalue weighted by Crippen LogP contribution is -2.29. The van der Waals surface area contributed by atoms with Gasteiger partial charge in [-0.2, -0.15) is 4.98 Å². The third-order valence-corrected chi connectivity index (χ3v) is 6.22. The van der Waals surface area contributed by atoms with Gasteiger partial charge >= 0.3 is 0 Å². The maximum atomic E-state index is 6.08. The Kier molecular flexibility index (Phi) is 6.35. The Balaban J connectivity index is 1.43. The monoisotopic (exact) mass is 421 g/mol. The van der Waals surface area contributed by atoms with Crippen LogP contribution in [-0.2, 0) is 0 Å². The lowest BCUT2D eigenvalue weighted by molar-refractivity contribution is 0.184. The van der Waals surface area contributed by atoms with E-state index in [1.165, 1.54) is 16.7 Å². The number of halogens is 1. The van der Waals surface area contributed by atoms with Crippen LogP contribution in [0.15, 0.2) is 58.6 Å². The molecule has 5 heteroatoms. The van der Waals surface area contributed by atoms with E-state index in [0.717, 1.165) is 36.3 Å². The second kappa shape index (κ2) is 9.15. The molecule has 156 valence electrons. The van der Waals surface area contributed by atoms with Crippen molar-refractivity contribution >= 4 is 17.7 Å². The van der Waals surface area contributed by atoms with Crippen molar-refractivity contribution in [1.29, 1.82) is 0 Å². The topological polar surface area (TPSA) is 42.2 Å². The number of benzene rings is 2. The maximum absolute atomic E-state index is 6.08. The Morgan fingerprint density at radius 2 is 1.70 bits per heavy atom. The summed E-state index contributed by atoms with van der Waals surface area (Å²) < 4.78 is 5.49. The molecule has 4 rings (SSSR count). The summed E-state index contributed by atoms with van der Waals surface area (Å²) in [6.07, 6.45) is 6.50. The summed E-state index contributed by atoms with van der Waals surface area (Å²) in [6, 6.07) is 16.9. The van der Waals surface area contributed by atoms with Crippen molar-refractivity contribution in [2.75, 3.05) is 14.1 Å². The van der Waals surface area contributed by atoms with Crippen molar-refractivity contribution in [1.82, 2.24) is 15.0 Å². The van der Waals surface area contributed by atoms with Gasteiger partial charge in [0.05, 0.1) is 0 Å². The maximum Gasteiger partial charge on any atom is 0.250 e. The molecule has 0 N–H and O–H groups in total. The summed E-state index contributed by atoms with van der Waals surface area (Å²) in [5, 5.41) is 4.93. The Morgan fingerprint density at radius 3 is 2.33 bits per heavy atom. The van der Waals surface area contributed by atoms with E-state index in [1.807, 2.05) is 24.3 Å². The molecule has 1 aliphatic carbocycles. The minimum absolute atomic E-state index is 0.403. The van der Waals surface area contributed by atoms with Crippen LogP contribution in [0.1, 0.15) is 48.7 Å². The van der Waals surface area contributed by atoms with Gasteiger partial charge in [-0.25, -0.2) is 0 Å². The highest BCUT2D eigenvalue weighted by Crippen LogP contribution is 2.39. The molecular formula is C25H28ClN3O. The van der Waals surface area contributed by atoms with Gasteiger partial charge in [0, 0.05) is 22.7 Å². The van der Waals surface area contributed by atoms with Crippen LogP contribution in [0.5, 0.6) is 0 Å². The average molecular weight is 422 g/mol. The molecule has 0 bridgehead atoms. The van der Waals surface area contributed by atoms with E-state index >= 15 is 0 Å². The minimum atomic E-state index is 0.403. The van der Waals surface area contributed by atoms with E-state index in [9.17, 15) is 0 Å². The van der Waals surface area contributed by atoms with Gasteiger partial charge < -0.3 is 9.42 Å². The molecule has 1 heterocycles. The largest absolute Gasteiger partial charge is 0.334 e. The molecule has 1 atom stereocenters. The molecule has 1 saturated carbocycles. The van der Waals surface area contributed by atoms with Crippen LogP contribution in [0, 0.1) is 12.8 Å². The Morgan fingerprint density at radius 1 is 1.03 bits per heavy atom. The molecule has 30 heavy (non-hydrogen) atoms. The first-order chi connectivity index (χ1) is 14.5. The van der Waals surface area contributed by atoms with E-state index < -0.39 is 0 Å². The molecule has 3 aromatic rings. The molecule has 0 radical (unpaired) electrons. The van der Waals surface area contributed by atoms with Crippen LogP contribution in [0.3, 0.4) is 0 Å². The molecule has 0 spiro atoms. The lowest BCUT2D eigenvalue weighted by atomic mass is 9.78. The highest BCUT2D eigenvalue weighted by atomic mass is 35.5. The van der Waals surface area contributed by atoms with Crippen molar-refractivity contribution in [3.63, 3.8) is 0 Å². The summed E-state index contributed by atoms with van der Waals surface area (Å²) in [5.41, 5.74) is 4.92. The molecule has 1 aliphatic rings. The SMILES string of the molecule is Cc1ccc(-c2noc(C=C3CCC(C(c4ccc(Cl)cc4)N(C)C)CC3)n2)cc1. The van der Waals surface area contributed by atoms with Crippen molar-refractivity contribution in [2.45, 2.75) is 38.6 Å². The van der Waals surface area contributed by atoms with Crippen LogP contribution in [0.2, 0.25) is 5.02 Å². The number of aromatic nitrogens is 2. The third kappa shape index (κ3) is 4.82. The molecule has 0 aliphatic heterocycles. The van der Waals surface area contributed by atoms with Crippen molar-refractivity contribution in [3.05, 3.63) is 76.1 Å². The van der Waals surface area contributed by atoms with E-state index in [-0.39, 0.29) is 0 Å². The zero-order valence-electron chi connectivity index (χ0n) is 17.8. The fraction of sp³-hybridized carbons (Fsp3) is 0.360. The highest BCUT2D eigenvalue weighted by molar-refractivity contribution is 6.30. The Hall–Kier alpha value is -2.43. The van der Waals surface area contributed by atoms with Crippen LogP contribution >= 0.6 is 11.6 Å². The van der Waals surface area contributed by atoms with Gasteiger partial charge in [0.15, 0.2) is 0 Å². The van der Waals surface area contributed by atoms with Crippen LogP contribution in [-0.4, -0.2) is 29.1 Å². The number of nitrogens with zero attached hydrogens (tertiary/aromatic N) is 3. The van der Waals surface area contributed by atoms with Gasteiger partial charge in [0.1, 0.15) is 0 Å². The average Bonchev–Trinajstić information content (AvgIpc) is 3.20. The summed E-state index contributed by atoms with van der Waals surface area (Å²) in [6.45, 7) is 2.07. The fourth-order valence-electron chi connectivity index (χ4n) is 4.41. The number of hydrogen-bond acceptors (Lipinski definition) is 4. The quantitative estimate of drug-likeness (QED) is 0.466. The van der Waals surface area contributed by atoms with Gasteiger partial charge in [0.2, 0.25) is 5.82 Å². The molecule has 2 aromatic carbocycles. The predicted octanol–water partition coefficient (Wildman–Crippen LogP) is 6.57. The summed E-state index contributed by atoms with van der Waals surface area (Å²) in [5.74, 6) is 1.86. The Bertz CT molecular complexity index is 996. The molecule has 1 unspecified atom stereocenters. The fourth-order valence-corrected chi connectivity index (χ4v) is 4.54. The number of aryl methyl sites for hydroxylation is 1. The highest BCUT2D eigenvalue weighted by Gasteiger charge is 2.28. The van der Waals surface area contributed by atoms with Gasteiger partial charge in [-0.05, 0) is 70.3 Å². The Labute approximate surface area is 183 Å². The first-order valence-corrected chi connectivity index (χ1v) is 10.9.